The number of benzene rings is 2. The van der Waals surface area contributed by atoms with Gasteiger partial charge in [-0.25, -0.2) is 8.42 Å². The monoisotopic (exact) mass is 410 g/mol. The van der Waals surface area contributed by atoms with Crippen molar-refractivity contribution >= 4 is 49.6 Å². The molecule has 3 rings (SSSR count). The largest absolute Gasteiger partial charge is 0.481 e. The van der Waals surface area contributed by atoms with Crippen molar-refractivity contribution in [3.05, 3.63) is 58.9 Å². The summed E-state index contributed by atoms with van der Waals surface area (Å²) in [5.41, 5.74) is 2.15. The van der Waals surface area contributed by atoms with Crippen molar-refractivity contribution in [3.8, 4) is 5.75 Å². The number of sulfonamides is 1. The van der Waals surface area contributed by atoms with Gasteiger partial charge in [0.25, 0.3) is 15.9 Å². The van der Waals surface area contributed by atoms with E-state index in [1.165, 1.54) is 19.1 Å². The van der Waals surface area contributed by atoms with Crippen LogP contribution in [0.25, 0.3) is 10.8 Å². The molecule has 0 aliphatic heterocycles. The summed E-state index contributed by atoms with van der Waals surface area (Å²) in [6.07, 6.45) is -0.897. The first-order valence-electron chi connectivity index (χ1n) is 7.57. The van der Waals surface area contributed by atoms with Crippen LogP contribution in [0.5, 0.6) is 5.75 Å². The average molecular weight is 411 g/mol. The second kappa shape index (κ2) is 7.63. The molecule has 1 atom stereocenters. The first kappa shape index (κ1) is 18.7. The zero-order valence-corrected chi connectivity index (χ0v) is 16.0. The van der Waals surface area contributed by atoms with Crippen LogP contribution in [-0.2, 0) is 14.8 Å². The van der Waals surface area contributed by atoms with E-state index in [0.29, 0.717) is 10.1 Å². The van der Waals surface area contributed by atoms with Gasteiger partial charge < -0.3 is 4.74 Å². The number of hydrogen-bond donors (Lipinski definition) is 2. The fourth-order valence-corrected chi connectivity index (χ4v) is 4.54. The first-order chi connectivity index (χ1) is 12.3. The Hall–Kier alpha value is -2.13. The van der Waals surface area contributed by atoms with Gasteiger partial charge in [-0.1, -0.05) is 41.9 Å². The lowest BCUT2D eigenvalue weighted by Gasteiger charge is -2.15. The predicted molar refractivity (Wildman–Crippen MR) is 102 cm³/mol. The lowest BCUT2D eigenvalue weighted by molar-refractivity contribution is -0.127. The average Bonchev–Trinajstić information content (AvgIpc) is 3.07. The van der Waals surface area contributed by atoms with Gasteiger partial charge in [0.2, 0.25) is 0 Å². The van der Waals surface area contributed by atoms with Crippen molar-refractivity contribution in [1.29, 1.82) is 0 Å². The van der Waals surface area contributed by atoms with Crippen LogP contribution in [0.15, 0.2) is 58.8 Å². The minimum atomic E-state index is -3.87. The first-order valence-corrected chi connectivity index (χ1v) is 10.3. The molecule has 1 amide bonds. The number of hydrogen-bond acceptors (Lipinski definition) is 5. The van der Waals surface area contributed by atoms with Crippen LogP contribution < -0.4 is 15.0 Å². The number of amides is 1. The highest BCUT2D eigenvalue weighted by molar-refractivity contribution is 7.91. The Morgan fingerprint density at radius 1 is 1.12 bits per heavy atom. The Bertz CT molecular complexity index is 1050. The van der Waals surface area contributed by atoms with E-state index < -0.39 is 22.0 Å². The van der Waals surface area contributed by atoms with Gasteiger partial charge >= 0.3 is 0 Å². The number of carbonyl (C=O) groups excluding carboxylic acids is 1. The van der Waals surface area contributed by atoms with Crippen LogP contribution in [0.1, 0.15) is 6.92 Å². The van der Waals surface area contributed by atoms with Crippen molar-refractivity contribution in [3.63, 3.8) is 0 Å². The maximum Gasteiger partial charge on any atom is 0.275 e. The molecule has 0 aliphatic rings. The molecular formula is C17H15ClN2O4S2. The molecule has 0 unspecified atom stereocenters. The van der Waals surface area contributed by atoms with Gasteiger partial charge in [0.05, 0.1) is 4.34 Å². The number of carbonyl (C=O) groups is 1. The van der Waals surface area contributed by atoms with E-state index >= 15 is 0 Å². The van der Waals surface area contributed by atoms with Gasteiger partial charge in [-0.15, -0.1) is 16.2 Å². The molecule has 0 radical (unpaired) electrons. The maximum atomic E-state index is 12.1. The van der Waals surface area contributed by atoms with Crippen LogP contribution in [0.4, 0.5) is 0 Å². The molecule has 3 aromatic rings. The minimum Gasteiger partial charge on any atom is -0.481 e. The van der Waals surface area contributed by atoms with Gasteiger partial charge in [-0.05, 0) is 42.0 Å². The Kier molecular flexibility index (Phi) is 5.47. The number of rotatable bonds is 6. The summed E-state index contributed by atoms with van der Waals surface area (Å²) in [6, 6.07) is 16.0. The van der Waals surface area contributed by atoms with E-state index in [9.17, 15) is 13.2 Å². The van der Waals surface area contributed by atoms with Crippen LogP contribution in [-0.4, -0.2) is 20.4 Å². The fourth-order valence-electron chi connectivity index (χ4n) is 2.21. The summed E-state index contributed by atoms with van der Waals surface area (Å²) in [5.74, 6) is -0.108. The normalized spacial score (nSPS) is 12.7. The second-order valence-corrected chi connectivity index (χ2v) is 9.05. The van der Waals surface area contributed by atoms with Gasteiger partial charge in [0, 0.05) is 0 Å². The van der Waals surface area contributed by atoms with Crippen molar-refractivity contribution in [2.45, 2.75) is 17.2 Å². The number of ether oxygens (including phenoxy) is 1. The number of halogens is 1. The van der Waals surface area contributed by atoms with Crippen LogP contribution in [0.2, 0.25) is 4.34 Å². The Morgan fingerprint density at radius 3 is 2.54 bits per heavy atom. The summed E-state index contributed by atoms with van der Waals surface area (Å²) in [5, 5.41) is 2.03. The molecule has 1 aromatic heterocycles. The van der Waals surface area contributed by atoms with E-state index in [0.717, 1.165) is 22.1 Å². The Balaban J connectivity index is 1.62. The van der Waals surface area contributed by atoms with Crippen molar-refractivity contribution < 1.29 is 17.9 Å². The van der Waals surface area contributed by atoms with Gasteiger partial charge in [0.1, 0.15) is 9.96 Å². The molecule has 6 nitrogen and oxygen atoms in total. The third kappa shape index (κ3) is 4.34. The van der Waals surface area contributed by atoms with E-state index in [1.54, 1.807) is 6.07 Å². The minimum absolute atomic E-state index is 0.00546. The molecule has 1 heterocycles. The molecule has 0 saturated heterocycles. The molecule has 0 aliphatic carbocycles. The zero-order chi connectivity index (χ0) is 18.7. The molecule has 9 heteroatoms. The lowest BCUT2D eigenvalue weighted by Crippen LogP contribution is -2.46. The molecule has 2 aromatic carbocycles. The van der Waals surface area contributed by atoms with Crippen LogP contribution in [0.3, 0.4) is 0 Å². The predicted octanol–water partition coefficient (Wildman–Crippen LogP) is 3.33. The summed E-state index contributed by atoms with van der Waals surface area (Å²) in [7, 11) is -3.87. The summed E-state index contributed by atoms with van der Waals surface area (Å²) < 4.78 is 30.1. The van der Waals surface area contributed by atoms with E-state index in [-0.39, 0.29) is 4.21 Å². The van der Waals surface area contributed by atoms with Crippen molar-refractivity contribution in [2.24, 2.45) is 0 Å². The summed E-state index contributed by atoms with van der Waals surface area (Å²) >= 11 is 6.62. The summed E-state index contributed by atoms with van der Waals surface area (Å²) in [4.78, 5) is 14.1. The number of nitrogens with one attached hydrogen (secondary N) is 2. The molecule has 0 spiro atoms. The maximum absolute atomic E-state index is 12.1. The molecular weight excluding hydrogens is 396 g/mol. The topological polar surface area (TPSA) is 84.5 Å². The summed E-state index contributed by atoms with van der Waals surface area (Å²) in [6.45, 7) is 1.53. The van der Waals surface area contributed by atoms with Crippen LogP contribution in [0, 0.1) is 0 Å². The highest BCUT2D eigenvalue weighted by Gasteiger charge is 2.20. The molecule has 136 valence electrons. The fraction of sp³-hybridized carbons (Fsp3) is 0.118. The molecule has 0 bridgehead atoms. The third-order valence-corrected chi connectivity index (χ3v) is 6.50. The molecule has 2 N–H and O–H groups in total. The number of fused-ring (bicyclic) bond motifs is 1. The molecule has 26 heavy (non-hydrogen) atoms. The smallest absolute Gasteiger partial charge is 0.275 e. The quantitative estimate of drug-likeness (QED) is 0.610. The SMILES string of the molecule is C[C@@H](Oc1ccc2ccccc2c1)C(=O)NNS(=O)(=O)c1ccc(Cl)s1. The Morgan fingerprint density at radius 2 is 1.85 bits per heavy atom. The zero-order valence-electron chi connectivity index (χ0n) is 13.6. The molecule has 0 fully saturated rings. The van der Waals surface area contributed by atoms with E-state index in [4.69, 9.17) is 16.3 Å². The lowest BCUT2D eigenvalue weighted by atomic mass is 10.1. The number of thiophene rings is 1. The van der Waals surface area contributed by atoms with Gasteiger partial charge in [-0.3, -0.25) is 10.2 Å². The van der Waals surface area contributed by atoms with E-state index in [2.05, 4.69) is 5.43 Å². The van der Waals surface area contributed by atoms with Gasteiger partial charge in [0.15, 0.2) is 6.10 Å². The van der Waals surface area contributed by atoms with Crippen molar-refractivity contribution in [2.75, 3.05) is 0 Å². The van der Waals surface area contributed by atoms with Crippen LogP contribution >= 0.6 is 22.9 Å². The Labute approximate surface area is 159 Å². The highest BCUT2D eigenvalue weighted by Crippen LogP contribution is 2.25. The highest BCUT2D eigenvalue weighted by atomic mass is 35.5. The standard InChI is InChI=1S/C17H15ClN2O4S2/c1-11(24-14-7-6-12-4-2-3-5-13(12)10-14)17(21)19-20-26(22,23)16-9-8-15(18)25-16/h2-11,20H,1H3,(H,19,21)/t11-/m1/s1. The van der Waals surface area contributed by atoms with Gasteiger partial charge in [-0.2, -0.15) is 0 Å². The number of hydrazine groups is 1. The molecule has 0 saturated carbocycles. The second-order valence-electron chi connectivity index (χ2n) is 5.42. The van der Waals surface area contributed by atoms with Crippen molar-refractivity contribution in [1.82, 2.24) is 10.3 Å². The third-order valence-electron chi connectivity index (χ3n) is 3.53. The van der Waals surface area contributed by atoms with E-state index in [1.807, 2.05) is 41.2 Å².